The average Bonchev–Trinajstić information content (AvgIpc) is 2.58. The van der Waals surface area contributed by atoms with Crippen LogP contribution < -0.4 is 5.32 Å². The number of rotatable bonds is 8. The summed E-state index contributed by atoms with van der Waals surface area (Å²) in [6.07, 6.45) is 4.58. The monoisotopic (exact) mass is 263 g/mol. The molecule has 0 radical (unpaired) electrons. The van der Waals surface area contributed by atoms with Crippen molar-refractivity contribution in [2.75, 3.05) is 6.54 Å². The van der Waals surface area contributed by atoms with Crippen molar-refractivity contribution in [3.8, 4) is 0 Å². The molecule has 3 nitrogen and oxygen atoms in total. The Labute approximate surface area is 118 Å². The largest absolute Gasteiger partial charge is 0.314 e. The van der Waals surface area contributed by atoms with E-state index in [2.05, 4.69) is 44.7 Å². The summed E-state index contributed by atoms with van der Waals surface area (Å²) in [6.45, 7) is 13.6. The van der Waals surface area contributed by atoms with E-state index in [0.717, 1.165) is 19.4 Å². The Bertz CT molecular complexity index is 418. The number of hydrogen-bond acceptors (Lipinski definition) is 2. The van der Waals surface area contributed by atoms with Crippen molar-refractivity contribution < 1.29 is 0 Å². The maximum atomic E-state index is 4.49. The molecule has 0 amide bonds. The fourth-order valence-corrected chi connectivity index (χ4v) is 2.56. The van der Waals surface area contributed by atoms with E-state index in [0.29, 0.717) is 6.04 Å². The van der Waals surface area contributed by atoms with Crippen LogP contribution in [0.15, 0.2) is 12.2 Å². The molecule has 1 N–H and O–H groups in total. The summed E-state index contributed by atoms with van der Waals surface area (Å²) in [4.78, 5) is 0. The van der Waals surface area contributed by atoms with Gasteiger partial charge in [-0.1, -0.05) is 12.5 Å². The van der Waals surface area contributed by atoms with Gasteiger partial charge in [0, 0.05) is 18.8 Å². The highest BCUT2D eigenvalue weighted by Gasteiger charge is 2.13. The van der Waals surface area contributed by atoms with Gasteiger partial charge in [0.15, 0.2) is 0 Å². The van der Waals surface area contributed by atoms with Gasteiger partial charge in [-0.25, -0.2) is 0 Å². The Kier molecular flexibility index (Phi) is 6.29. The summed E-state index contributed by atoms with van der Waals surface area (Å²) >= 11 is 0. The summed E-state index contributed by atoms with van der Waals surface area (Å²) in [6, 6.07) is 0.584. The predicted octanol–water partition coefficient (Wildman–Crippen LogP) is 3.30. The standard InChI is InChI=1S/C16H29N3/c1-7-17-15(9-8-12(2)3)10-11-16-13(4)18-19(6)14(16)5/h15,17H,2,7-11H2,1,3-6H3. The predicted molar refractivity (Wildman–Crippen MR) is 82.5 cm³/mol. The van der Waals surface area contributed by atoms with Gasteiger partial charge in [0.25, 0.3) is 0 Å². The van der Waals surface area contributed by atoms with Crippen molar-refractivity contribution in [1.82, 2.24) is 15.1 Å². The van der Waals surface area contributed by atoms with Crippen LogP contribution in [-0.2, 0) is 13.5 Å². The molecule has 0 saturated carbocycles. The van der Waals surface area contributed by atoms with Crippen LogP contribution in [0, 0.1) is 13.8 Å². The third-order valence-corrected chi connectivity index (χ3v) is 3.81. The molecule has 108 valence electrons. The highest BCUT2D eigenvalue weighted by atomic mass is 15.3. The van der Waals surface area contributed by atoms with Gasteiger partial charge in [0.1, 0.15) is 0 Å². The second-order valence-electron chi connectivity index (χ2n) is 5.56. The van der Waals surface area contributed by atoms with Crippen LogP contribution in [0.1, 0.15) is 50.1 Å². The number of allylic oxidation sites excluding steroid dienone is 1. The minimum Gasteiger partial charge on any atom is -0.314 e. The van der Waals surface area contributed by atoms with E-state index < -0.39 is 0 Å². The molecule has 0 aliphatic rings. The second kappa shape index (κ2) is 7.49. The minimum atomic E-state index is 0.584. The summed E-state index contributed by atoms with van der Waals surface area (Å²) < 4.78 is 1.99. The van der Waals surface area contributed by atoms with Crippen LogP contribution in [0.4, 0.5) is 0 Å². The maximum Gasteiger partial charge on any atom is 0.0628 e. The Morgan fingerprint density at radius 2 is 2.05 bits per heavy atom. The number of aromatic nitrogens is 2. The summed E-state index contributed by atoms with van der Waals surface area (Å²) in [5, 5.41) is 8.08. The lowest BCUT2D eigenvalue weighted by Crippen LogP contribution is -2.29. The summed E-state index contributed by atoms with van der Waals surface area (Å²) in [7, 11) is 2.02. The molecule has 1 rings (SSSR count). The molecule has 3 heteroatoms. The first kappa shape index (κ1) is 16.0. The zero-order valence-electron chi connectivity index (χ0n) is 13.2. The maximum absolute atomic E-state index is 4.49. The molecule has 0 spiro atoms. The van der Waals surface area contributed by atoms with Gasteiger partial charge < -0.3 is 5.32 Å². The molecule has 1 aromatic heterocycles. The first-order chi connectivity index (χ1) is 8.95. The SMILES string of the molecule is C=C(C)CCC(CCc1c(C)nn(C)c1C)NCC. The first-order valence-electron chi connectivity index (χ1n) is 7.32. The number of hydrogen-bond donors (Lipinski definition) is 1. The van der Waals surface area contributed by atoms with Gasteiger partial charge in [0.2, 0.25) is 0 Å². The number of nitrogens with zero attached hydrogens (tertiary/aromatic N) is 2. The fraction of sp³-hybridized carbons (Fsp3) is 0.688. The van der Waals surface area contributed by atoms with Crippen molar-refractivity contribution in [2.45, 2.75) is 59.4 Å². The van der Waals surface area contributed by atoms with E-state index in [4.69, 9.17) is 0 Å². The Morgan fingerprint density at radius 1 is 1.37 bits per heavy atom. The average molecular weight is 263 g/mol. The van der Waals surface area contributed by atoms with Crippen molar-refractivity contribution in [3.63, 3.8) is 0 Å². The van der Waals surface area contributed by atoms with Gasteiger partial charge >= 0.3 is 0 Å². The van der Waals surface area contributed by atoms with Crippen LogP contribution in [0.25, 0.3) is 0 Å². The molecule has 1 atom stereocenters. The van der Waals surface area contributed by atoms with Crippen molar-refractivity contribution >= 4 is 0 Å². The molecule has 19 heavy (non-hydrogen) atoms. The minimum absolute atomic E-state index is 0.584. The number of aryl methyl sites for hydroxylation is 2. The quantitative estimate of drug-likeness (QED) is 0.729. The molecule has 1 heterocycles. The van der Waals surface area contributed by atoms with Gasteiger partial charge in [0.05, 0.1) is 5.69 Å². The molecule has 1 aromatic rings. The van der Waals surface area contributed by atoms with Crippen LogP contribution >= 0.6 is 0 Å². The molecule has 0 saturated heterocycles. The van der Waals surface area contributed by atoms with Crippen LogP contribution in [0.2, 0.25) is 0 Å². The third kappa shape index (κ3) is 4.83. The van der Waals surface area contributed by atoms with E-state index in [1.807, 2.05) is 11.7 Å². The molecule has 0 aliphatic carbocycles. The van der Waals surface area contributed by atoms with Gasteiger partial charge in [-0.05, 0) is 58.6 Å². The lowest BCUT2D eigenvalue weighted by atomic mass is 9.99. The molecule has 0 fully saturated rings. The van der Waals surface area contributed by atoms with Gasteiger partial charge in [-0.2, -0.15) is 5.10 Å². The third-order valence-electron chi connectivity index (χ3n) is 3.81. The number of nitrogens with one attached hydrogen (secondary N) is 1. The molecule has 0 bridgehead atoms. The normalized spacial score (nSPS) is 12.7. The molecule has 0 aliphatic heterocycles. The molecule has 1 unspecified atom stereocenters. The molecular weight excluding hydrogens is 234 g/mol. The van der Waals surface area contributed by atoms with Gasteiger partial charge in [-0.15, -0.1) is 6.58 Å². The molecular formula is C16H29N3. The fourth-order valence-electron chi connectivity index (χ4n) is 2.56. The topological polar surface area (TPSA) is 29.9 Å². The first-order valence-corrected chi connectivity index (χ1v) is 7.32. The summed E-state index contributed by atoms with van der Waals surface area (Å²) in [5.41, 5.74) is 5.17. The van der Waals surface area contributed by atoms with E-state index in [1.54, 1.807) is 0 Å². The van der Waals surface area contributed by atoms with E-state index in [1.165, 1.54) is 35.4 Å². The van der Waals surface area contributed by atoms with Crippen molar-refractivity contribution in [3.05, 3.63) is 29.1 Å². The highest BCUT2D eigenvalue weighted by molar-refractivity contribution is 5.24. The lowest BCUT2D eigenvalue weighted by molar-refractivity contribution is 0.463. The van der Waals surface area contributed by atoms with Gasteiger partial charge in [-0.3, -0.25) is 4.68 Å². The van der Waals surface area contributed by atoms with Crippen molar-refractivity contribution in [1.29, 1.82) is 0 Å². The van der Waals surface area contributed by atoms with Crippen LogP contribution in [0.5, 0.6) is 0 Å². The smallest absolute Gasteiger partial charge is 0.0628 e. The summed E-state index contributed by atoms with van der Waals surface area (Å²) in [5.74, 6) is 0. The zero-order valence-corrected chi connectivity index (χ0v) is 13.2. The van der Waals surface area contributed by atoms with E-state index in [-0.39, 0.29) is 0 Å². The highest BCUT2D eigenvalue weighted by Crippen LogP contribution is 2.17. The Balaban J connectivity index is 2.57. The van der Waals surface area contributed by atoms with E-state index >= 15 is 0 Å². The molecule has 0 aromatic carbocycles. The van der Waals surface area contributed by atoms with Crippen molar-refractivity contribution in [2.24, 2.45) is 7.05 Å². The Hall–Kier alpha value is -1.09. The van der Waals surface area contributed by atoms with Crippen LogP contribution in [-0.4, -0.2) is 22.4 Å². The Morgan fingerprint density at radius 3 is 2.53 bits per heavy atom. The van der Waals surface area contributed by atoms with E-state index in [9.17, 15) is 0 Å². The second-order valence-corrected chi connectivity index (χ2v) is 5.56. The van der Waals surface area contributed by atoms with Crippen LogP contribution in [0.3, 0.4) is 0 Å². The zero-order chi connectivity index (χ0) is 14.4. The lowest BCUT2D eigenvalue weighted by Gasteiger charge is -2.18.